The van der Waals surface area contributed by atoms with Gasteiger partial charge in [-0.05, 0) is 25.2 Å². The summed E-state index contributed by atoms with van der Waals surface area (Å²) in [5.74, 6) is -0.535. The average Bonchev–Trinajstić information content (AvgIpc) is 3.38. The van der Waals surface area contributed by atoms with Crippen LogP contribution in [0.5, 0.6) is 0 Å². The molecule has 0 radical (unpaired) electrons. The molecule has 0 aromatic carbocycles. The van der Waals surface area contributed by atoms with E-state index in [2.05, 4.69) is 30.6 Å². The predicted molar refractivity (Wildman–Crippen MR) is 95.9 cm³/mol. The zero-order valence-electron chi connectivity index (χ0n) is 15.6. The van der Waals surface area contributed by atoms with E-state index in [0.717, 1.165) is 51.4 Å². The molecule has 144 valence electrons. The van der Waals surface area contributed by atoms with Crippen molar-refractivity contribution in [2.75, 3.05) is 6.54 Å². The van der Waals surface area contributed by atoms with Gasteiger partial charge in [-0.1, -0.05) is 62.9 Å². The zero-order chi connectivity index (χ0) is 18.7. The van der Waals surface area contributed by atoms with Gasteiger partial charge in [0.15, 0.2) is 0 Å². The molecule has 1 aliphatic rings. The maximum atomic E-state index is 13.4. The molecule has 1 rings (SSSR count). The van der Waals surface area contributed by atoms with Gasteiger partial charge in [0, 0.05) is 11.2 Å². The molecule has 0 aromatic heterocycles. The number of carbonyl (C=O) groups is 2. The van der Waals surface area contributed by atoms with Crippen molar-refractivity contribution in [3.63, 3.8) is 0 Å². The number of unbranched alkanes of at least 4 members (excludes halogenated alkanes) is 2. The molecule has 1 amide bonds. The van der Waals surface area contributed by atoms with E-state index < -0.39 is 12.0 Å². The van der Waals surface area contributed by atoms with E-state index in [1.54, 1.807) is 0 Å². The smallest absolute Gasteiger partial charge is 0.342 e. The number of nitrogens with zero attached hydrogens (tertiary/aromatic N) is 1. The minimum absolute atomic E-state index is 0.0486. The van der Waals surface area contributed by atoms with Crippen molar-refractivity contribution < 1.29 is 18.9 Å². The molecule has 25 heavy (non-hydrogen) atoms. The molecule has 5 nitrogen and oxygen atoms in total. The fraction of sp³-hybridized carbons (Fsp3) is 0.789. The molecule has 1 unspecified atom stereocenters. The van der Waals surface area contributed by atoms with Gasteiger partial charge in [0.25, 0.3) is 0 Å². The molecule has 0 spiro atoms. The summed E-state index contributed by atoms with van der Waals surface area (Å²) in [5.41, 5.74) is 0. The lowest BCUT2D eigenvalue weighted by Gasteiger charge is -2.22. The number of nitrogens with one attached hydrogen (secondary N) is 1. The Morgan fingerprint density at radius 2 is 1.88 bits per heavy atom. The molecule has 0 aromatic rings. The first-order valence-corrected chi connectivity index (χ1v) is 9.58. The van der Waals surface area contributed by atoms with Crippen molar-refractivity contribution in [2.24, 2.45) is 11.8 Å². The summed E-state index contributed by atoms with van der Waals surface area (Å²) in [4.78, 5) is 29.5. The molecule has 0 aliphatic heterocycles. The third kappa shape index (κ3) is 9.00. The van der Waals surface area contributed by atoms with Crippen molar-refractivity contribution >= 4 is 11.9 Å². The Balaban J connectivity index is 2.64. The van der Waals surface area contributed by atoms with Crippen LogP contribution in [-0.2, 0) is 14.4 Å². The lowest BCUT2D eigenvalue weighted by molar-refractivity contribution is -0.259. The van der Waals surface area contributed by atoms with Crippen LogP contribution in [0.1, 0.15) is 71.6 Å². The van der Waals surface area contributed by atoms with Crippen LogP contribution in [0.3, 0.4) is 0 Å². The van der Waals surface area contributed by atoms with E-state index in [1.165, 1.54) is 6.08 Å². The van der Waals surface area contributed by atoms with Crippen molar-refractivity contribution in [3.05, 3.63) is 12.7 Å². The molecule has 1 N–H and O–H groups in total. The third-order valence-electron chi connectivity index (χ3n) is 4.51. The summed E-state index contributed by atoms with van der Waals surface area (Å²) < 4.78 is 13.4. The summed E-state index contributed by atoms with van der Waals surface area (Å²) >= 11 is 0. The first-order chi connectivity index (χ1) is 12.0. The zero-order valence-corrected chi connectivity index (χ0v) is 15.6. The molecule has 0 bridgehead atoms. The molecule has 0 saturated heterocycles. The van der Waals surface area contributed by atoms with Gasteiger partial charge in [0.1, 0.15) is 6.04 Å². The first kappa shape index (κ1) is 21.6. The average molecular weight is 356 g/mol. The maximum Gasteiger partial charge on any atom is 0.350 e. The molecule has 1 fully saturated rings. The number of hydroxylamine groups is 1. The third-order valence-corrected chi connectivity index (χ3v) is 4.51. The van der Waals surface area contributed by atoms with Crippen LogP contribution in [0, 0.1) is 11.8 Å². The quantitative estimate of drug-likeness (QED) is 0.289. The van der Waals surface area contributed by atoms with Crippen molar-refractivity contribution in [1.29, 1.82) is 0 Å². The minimum atomic E-state index is -0.784. The molecule has 1 atom stereocenters. The van der Waals surface area contributed by atoms with Crippen LogP contribution in [0.4, 0.5) is 4.48 Å². The van der Waals surface area contributed by atoms with Gasteiger partial charge in [-0.15, -0.1) is 6.58 Å². The van der Waals surface area contributed by atoms with Crippen molar-refractivity contribution in [2.45, 2.75) is 77.7 Å². The van der Waals surface area contributed by atoms with Gasteiger partial charge in [-0.25, -0.2) is 4.79 Å². The molecule has 6 heteroatoms. The molecule has 0 heterocycles. The topological polar surface area (TPSA) is 58.6 Å². The SMILES string of the molecule is C=CCN(F)OC(=O)C(CC1CC1)NC(=O)C(CCCC)CCCC. The van der Waals surface area contributed by atoms with E-state index in [4.69, 9.17) is 0 Å². The van der Waals surface area contributed by atoms with Crippen LogP contribution in [0.25, 0.3) is 0 Å². The van der Waals surface area contributed by atoms with Gasteiger partial charge in [0.05, 0.1) is 6.54 Å². The highest BCUT2D eigenvalue weighted by atomic mass is 19.2. The van der Waals surface area contributed by atoms with E-state index in [-0.39, 0.29) is 23.7 Å². The van der Waals surface area contributed by atoms with Crippen LogP contribution in [-0.4, -0.2) is 29.7 Å². The Hall–Kier alpha value is -1.43. The van der Waals surface area contributed by atoms with Crippen molar-refractivity contribution in [3.8, 4) is 0 Å². The first-order valence-electron chi connectivity index (χ1n) is 9.58. The fourth-order valence-electron chi connectivity index (χ4n) is 2.80. The summed E-state index contributed by atoms with van der Waals surface area (Å²) in [6, 6.07) is -0.784. The number of carbonyl (C=O) groups excluding carboxylic acids is 2. The highest BCUT2D eigenvalue weighted by Gasteiger charge is 2.33. The van der Waals surface area contributed by atoms with Crippen molar-refractivity contribution in [1.82, 2.24) is 10.6 Å². The van der Waals surface area contributed by atoms with Gasteiger partial charge >= 0.3 is 5.97 Å². The fourth-order valence-corrected chi connectivity index (χ4v) is 2.80. The van der Waals surface area contributed by atoms with Crippen LogP contribution < -0.4 is 5.32 Å². The summed E-state index contributed by atoms with van der Waals surface area (Å²) in [6.45, 7) is 7.38. The van der Waals surface area contributed by atoms with Crippen LogP contribution >= 0.6 is 0 Å². The standard InChI is InChI=1S/C19H33FN2O3/c1-4-7-9-16(10-8-5-2)18(23)21-17(14-15-11-12-15)19(24)25-22(20)13-6-3/h6,15-17H,3-5,7-14H2,1-2H3,(H,21,23). The number of rotatable bonds is 14. The van der Waals surface area contributed by atoms with Gasteiger partial charge in [-0.3, -0.25) is 4.79 Å². The molecular weight excluding hydrogens is 323 g/mol. The number of amides is 1. The van der Waals surface area contributed by atoms with E-state index in [9.17, 15) is 14.1 Å². The maximum absolute atomic E-state index is 13.4. The Morgan fingerprint density at radius 1 is 1.28 bits per heavy atom. The van der Waals surface area contributed by atoms with Crippen LogP contribution in [0.2, 0.25) is 0 Å². The number of halogens is 1. The Morgan fingerprint density at radius 3 is 2.36 bits per heavy atom. The van der Waals surface area contributed by atoms with E-state index >= 15 is 0 Å². The van der Waals surface area contributed by atoms with E-state index in [0.29, 0.717) is 12.3 Å². The summed E-state index contributed by atoms with van der Waals surface area (Å²) in [5, 5.41) is 2.77. The Kier molecular flexibility index (Phi) is 10.4. The second kappa shape index (κ2) is 12.0. The molecule has 1 saturated carbocycles. The monoisotopic (exact) mass is 356 g/mol. The minimum Gasteiger partial charge on any atom is -0.342 e. The number of hydrogen-bond donors (Lipinski definition) is 1. The second-order valence-corrected chi connectivity index (χ2v) is 6.92. The second-order valence-electron chi connectivity index (χ2n) is 6.92. The van der Waals surface area contributed by atoms with Crippen LogP contribution in [0.15, 0.2) is 12.7 Å². The predicted octanol–water partition coefficient (Wildman–Crippen LogP) is 4.10. The highest BCUT2D eigenvalue weighted by Crippen LogP contribution is 2.34. The van der Waals surface area contributed by atoms with Gasteiger partial charge < -0.3 is 10.2 Å². The lowest BCUT2D eigenvalue weighted by Crippen LogP contribution is -2.46. The van der Waals surface area contributed by atoms with Gasteiger partial charge in [0.2, 0.25) is 5.91 Å². The Labute approximate surface area is 150 Å². The Bertz CT molecular complexity index is 419. The largest absolute Gasteiger partial charge is 0.350 e. The molecule has 1 aliphatic carbocycles. The normalized spacial score (nSPS) is 15.2. The summed E-state index contributed by atoms with van der Waals surface area (Å²) in [7, 11) is 0. The van der Waals surface area contributed by atoms with Gasteiger partial charge in [-0.2, -0.15) is 0 Å². The lowest BCUT2D eigenvalue weighted by atomic mass is 9.94. The summed E-state index contributed by atoms with van der Waals surface area (Å²) in [6.07, 6.45) is 9.56. The number of hydrogen-bond acceptors (Lipinski definition) is 4. The molecular formula is C19H33FN2O3. The van der Waals surface area contributed by atoms with E-state index in [1.807, 2.05) is 0 Å². The highest BCUT2D eigenvalue weighted by molar-refractivity contribution is 5.85.